The van der Waals surface area contributed by atoms with Crippen LogP contribution in [-0.4, -0.2) is 18.7 Å². The normalized spacial score (nSPS) is 23.0. The molecule has 88 valence electrons. The van der Waals surface area contributed by atoms with Crippen molar-refractivity contribution in [3.8, 4) is 0 Å². The highest BCUT2D eigenvalue weighted by molar-refractivity contribution is 6.27. The molecule has 1 aliphatic rings. The van der Waals surface area contributed by atoms with Gasteiger partial charge in [-0.1, -0.05) is 0 Å². The molecule has 17 heavy (non-hydrogen) atoms. The molecule has 0 radical (unpaired) electrons. The van der Waals surface area contributed by atoms with Crippen molar-refractivity contribution < 1.29 is 14.0 Å². The molecule has 0 aliphatic carbocycles. The lowest BCUT2D eigenvalue weighted by Gasteiger charge is -2.37. The number of fused-ring (bicyclic) bond motifs is 1. The van der Waals surface area contributed by atoms with E-state index in [1.807, 2.05) is 0 Å². The van der Waals surface area contributed by atoms with Crippen LogP contribution < -0.4 is 10.4 Å². The van der Waals surface area contributed by atoms with Crippen LogP contribution in [-0.2, 0) is 4.79 Å². The molecule has 1 atom stereocenters. The van der Waals surface area contributed by atoms with Crippen LogP contribution >= 0.6 is 0 Å². The zero-order valence-corrected chi connectivity index (χ0v) is 8.94. The highest BCUT2D eigenvalue weighted by atomic mass is 19.1. The zero-order valence-electron chi connectivity index (χ0n) is 8.94. The number of hydrogen-bond acceptors (Lipinski definition) is 3. The molecule has 1 amide bonds. The van der Waals surface area contributed by atoms with E-state index in [0.29, 0.717) is 0 Å². The van der Waals surface area contributed by atoms with Gasteiger partial charge < -0.3 is 15.6 Å². The van der Waals surface area contributed by atoms with Gasteiger partial charge in [0.15, 0.2) is 5.69 Å². The predicted molar refractivity (Wildman–Crippen MR) is 59.1 cm³/mol. The largest absolute Gasteiger partial charge is 0.622 e. The van der Waals surface area contributed by atoms with E-state index in [1.54, 1.807) is 0 Å². The smallest absolute Gasteiger partial charge is 0.258 e. The van der Waals surface area contributed by atoms with Crippen LogP contribution in [0.25, 0.3) is 0 Å². The molecule has 6 heteroatoms. The molecule has 0 bridgehead atoms. The molecule has 1 aromatic rings. The van der Waals surface area contributed by atoms with Gasteiger partial charge in [-0.15, -0.1) is 0 Å². The lowest BCUT2D eigenvalue weighted by molar-refractivity contribution is -0.114. The summed E-state index contributed by atoms with van der Waals surface area (Å²) in [6, 6.07) is 3.21. The molecule has 1 aromatic carbocycles. The van der Waals surface area contributed by atoms with Crippen molar-refractivity contribution in [1.29, 1.82) is 0 Å². The van der Waals surface area contributed by atoms with Gasteiger partial charge in [-0.05, 0) is 12.1 Å². The number of quaternary nitrogens is 1. The van der Waals surface area contributed by atoms with Gasteiger partial charge in [-0.3, -0.25) is 9.59 Å². The lowest BCUT2D eigenvalue weighted by Crippen LogP contribution is -2.40. The molecule has 0 saturated carbocycles. The third-order valence-electron chi connectivity index (χ3n) is 2.57. The lowest BCUT2D eigenvalue weighted by atomic mass is 9.97. The van der Waals surface area contributed by atoms with Crippen molar-refractivity contribution in [2.75, 3.05) is 7.05 Å². The fourth-order valence-corrected chi connectivity index (χ4v) is 1.76. The summed E-state index contributed by atoms with van der Waals surface area (Å²) in [6.07, 6.45) is 0.881. The van der Waals surface area contributed by atoms with E-state index < -0.39 is 22.2 Å². The van der Waals surface area contributed by atoms with Crippen molar-refractivity contribution >= 4 is 17.4 Å². The van der Waals surface area contributed by atoms with Gasteiger partial charge in [0.1, 0.15) is 17.6 Å². The van der Waals surface area contributed by atoms with E-state index in [4.69, 9.17) is 5.73 Å². The number of rotatable bonds is 1. The number of hydrogen-bond donors (Lipinski definition) is 1. The van der Waals surface area contributed by atoms with Crippen molar-refractivity contribution in [2.24, 2.45) is 5.73 Å². The van der Waals surface area contributed by atoms with Gasteiger partial charge in [0.25, 0.3) is 5.91 Å². The molecule has 1 aliphatic heterocycles. The number of Topliss-reactive ketones (excluding diaryl/α,β-unsaturated/α-hetero) is 1. The van der Waals surface area contributed by atoms with E-state index in [9.17, 15) is 19.2 Å². The summed E-state index contributed by atoms with van der Waals surface area (Å²) in [5.74, 6) is -2.24. The van der Waals surface area contributed by atoms with Crippen LogP contribution in [0.15, 0.2) is 30.0 Å². The summed E-state index contributed by atoms with van der Waals surface area (Å²) in [7, 11) is 1.19. The number of halogens is 1. The summed E-state index contributed by atoms with van der Waals surface area (Å²) in [4.78, 5) is 22.9. The molecular formula is C11H9FN2O3. The number of amides is 1. The quantitative estimate of drug-likeness (QED) is 0.445. The van der Waals surface area contributed by atoms with Crippen molar-refractivity contribution in [1.82, 2.24) is 4.65 Å². The van der Waals surface area contributed by atoms with Crippen molar-refractivity contribution in [3.05, 3.63) is 46.6 Å². The number of carbonyl (C=O) groups is 2. The van der Waals surface area contributed by atoms with Crippen LogP contribution in [0.2, 0.25) is 0 Å². The third kappa shape index (κ3) is 1.73. The van der Waals surface area contributed by atoms with Crippen LogP contribution in [0, 0.1) is 11.0 Å². The molecule has 2 rings (SSSR count). The number of carbonyl (C=O) groups excluding carboxylic acids is 2. The number of benzene rings is 1. The minimum absolute atomic E-state index is 0.000185. The Bertz CT molecular complexity index is 564. The first-order chi connectivity index (χ1) is 7.83. The highest BCUT2D eigenvalue weighted by Gasteiger charge is 2.34. The first-order valence-corrected chi connectivity index (χ1v) is 4.77. The summed E-state index contributed by atoms with van der Waals surface area (Å²) in [6.45, 7) is 0. The van der Waals surface area contributed by atoms with E-state index in [-0.39, 0.29) is 16.8 Å². The van der Waals surface area contributed by atoms with E-state index in [2.05, 4.69) is 0 Å². The number of nitrogens with two attached hydrogens (primary N) is 1. The molecule has 1 heterocycles. The predicted octanol–water partition coefficient (Wildman–Crippen LogP) is 0.826. The van der Waals surface area contributed by atoms with Gasteiger partial charge in [0.2, 0.25) is 5.78 Å². The Morgan fingerprint density at radius 1 is 1.47 bits per heavy atom. The second-order valence-corrected chi connectivity index (χ2v) is 3.89. The first kappa shape index (κ1) is 11.4. The van der Waals surface area contributed by atoms with E-state index in [1.165, 1.54) is 13.1 Å². The average Bonchev–Trinajstić information content (AvgIpc) is 2.23. The standard InChI is InChI=1S/C11H9FN2O3/c1-14(17)5-8(11(13)16)10(15)7-3-2-6(12)4-9(7)14/h2-5H,1H3,(H2,13,16). The van der Waals surface area contributed by atoms with Gasteiger partial charge in [-0.25, -0.2) is 4.39 Å². The van der Waals surface area contributed by atoms with Gasteiger partial charge in [0, 0.05) is 6.07 Å². The van der Waals surface area contributed by atoms with Crippen LogP contribution in [0.5, 0.6) is 0 Å². The SMILES string of the molecule is C[N+]1([O-])C=C(C(N)=O)C(=O)c2ccc(F)cc21. The second kappa shape index (κ2) is 3.47. The Morgan fingerprint density at radius 3 is 2.71 bits per heavy atom. The monoisotopic (exact) mass is 236 g/mol. The minimum atomic E-state index is -1.14. The summed E-state index contributed by atoms with van der Waals surface area (Å²) < 4.78 is 11.9. The topological polar surface area (TPSA) is 83.2 Å². The zero-order chi connectivity index (χ0) is 12.8. The number of primary amides is 1. The second-order valence-electron chi connectivity index (χ2n) is 3.89. The third-order valence-corrected chi connectivity index (χ3v) is 2.57. The molecule has 0 aromatic heterocycles. The van der Waals surface area contributed by atoms with Crippen LogP contribution in [0.1, 0.15) is 10.4 Å². The van der Waals surface area contributed by atoms with Gasteiger partial charge >= 0.3 is 0 Å². The van der Waals surface area contributed by atoms with E-state index >= 15 is 0 Å². The van der Waals surface area contributed by atoms with E-state index in [0.717, 1.165) is 18.3 Å². The number of ketones is 1. The maximum Gasteiger partial charge on any atom is 0.258 e. The maximum atomic E-state index is 13.0. The van der Waals surface area contributed by atoms with Gasteiger partial charge in [0.05, 0.1) is 12.6 Å². The molecule has 5 nitrogen and oxygen atoms in total. The van der Waals surface area contributed by atoms with Crippen LogP contribution in [0.3, 0.4) is 0 Å². The Kier molecular flexibility index (Phi) is 2.34. The average molecular weight is 236 g/mol. The highest BCUT2D eigenvalue weighted by Crippen LogP contribution is 2.33. The fraction of sp³-hybridized carbons (Fsp3) is 0.0909. The van der Waals surface area contributed by atoms with Crippen molar-refractivity contribution in [3.63, 3.8) is 0 Å². The maximum absolute atomic E-state index is 13.0. The molecule has 1 unspecified atom stereocenters. The molecular weight excluding hydrogens is 227 g/mol. The van der Waals surface area contributed by atoms with Crippen LogP contribution in [0.4, 0.5) is 10.1 Å². The molecule has 2 N–H and O–H groups in total. The first-order valence-electron chi connectivity index (χ1n) is 4.77. The Labute approximate surface area is 96.1 Å². The summed E-state index contributed by atoms with van der Waals surface area (Å²) in [5, 5.41) is 12.1. The number of nitrogens with zero attached hydrogens (tertiary/aromatic N) is 1. The summed E-state index contributed by atoms with van der Waals surface area (Å²) >= 11 is 0. The fourth-order valence-electron chi connectivity index (χ4n) is 1.76. The van der Waals surface area contributed by atoms with Crippen molar-refractivity contribution in [2.45, 2.75) is 0 Å². The minimum Gasteiger partial charge on any atom is -0.622 e. The Balaban J connectivity index is 2.70. The molecule has 0 fully saturated rings. The molecule has 0 saturated heterocycles. The summed E-state index contributed by atoms with van der Waals surface area (Å²) in [5.41, 5.74) is 4.60. The Morgan fingerprint density at radius 2 is 2.12 bits per heavy atom. The number of hydroxylamine groups is 2. The Hall–Kier alpha value is -2.05. The molecule has 0 spiro atoms. The van der Waals surface area contributed by atoms with Gasteiger partial charge in [-0.2, -0.15) is 0 Å².